The molecule has 1 heteroatoms. The van der Waals surface area contributed by atoms with Crippen molar-refractivity contribution in [3.05, 3.63) is 40.4 Å². The Bertz CT molecular complexity index is 276. The van der Waals surface area contributed by atoms with Crippen LogP contribution in [-0.4, -0.2) is 0 Å². The highest BCUT2D eigenvalue weighted by atomic mass is 79.9. The standard InChI is InChI=1S/C11H13Br/c1-3-5-10-6-7-11(12)8-9(10)4-2/h4,6-8H,2-3,5H2,1H3. The van der Waals surface area contributed by atoms with E-state index in [1.807, 2.05) is 6.08 Å². The highest BCUT2D eigenvalue weighted by molar-refractivity contribution is 9.10. The summed E-state index contributed by atoms with van der Waals surface area (Å²) >= 11 is 3.44. The Balaban J connectivity index is 3.02. The van der Waals surface area contributed by atoms with E-state index in [1.54, 1.807) is 0 Å². The van der Waals surface area contributed by atoms with Gasteiger partial charge in [0.2, 0.25) is 0 Å². The lowest BCUT2D eigenvalue weighted by Gasteiger charge is -2.04. The van der Waals surface area contributed by atoms with Crippen LogP contribution in [0.25, 0.3) is 6.08 Å². The lowest BCUT2D eigenvalue weighted by atomic mass is 10.0. The molecule has 0 aliphatic heterocycles. The van der Waals surface area contributed by atoms with E-state index in [2.05, 4.69) is 47.6 Å². The molecular formula is C11H13Br. The summed E-state index contributed by atoms with van der Waals surface area (Å²) in [4.78, 5) is 0. The zero-order valence-electron chi connectivity index (χ0n) is 7.31. The van der Waals surface area contributed by atoms with Gasteiger partial charge in [-0.3, -0.25) is 0 Å². The van der Waals surface area contributed by atoms with E-state index >= 15 is 0 Å². The van der Waals surface area contributed by atoms with Gasteiger partial charge in [0.25, 0.3) is 0 Å². The molecule has 0 aromatic heterocycles. The molecule has 0 radical (unpaired) electrons. The Kier molecular flexibility index (Phi) is 3.54. The van der Waals surface area contributed by atoms with E-state index in [4.69, 9.17) is 0 Å². The van der Waals surface area contributed by atoms with Gasteiger partial charge in [-0.2, -0.15) is 0 Å². The molecule has 0 aliphatic rings. The Morgan fingerprint density at radius 1 is 1.50 bits per heavy atom. The Morgan fingerprint density at radius 3 is 2.83 bits per heavy atom. The van der Waals surface area contributed by atoms with Crippen molar-refractivity contribution in [1.29, 1.82) is 0 Å². The SMILES string of the molecule is C=Cc1cc(Br)ccc1CCC. The fourth-order valence-electron chi connectivity index (χ4n) is 1.25. The van der Waals surface area contributed by atoms with Crippen molar-refractivity contribution in [3.63, 3.8) is 0 Å². The second kappa shape index (κ2) is 4.46. The topological polar surface area (TPSA) is 0 Å². The van der Waals surface area contributed by atoms with Crippen molar-refractivity contribution < 1.29 is 0 Å². The predicted molar refractivity (Wildman–Crippen MR) is 58.2 cm³/mol. The highest BCUT2D eigenvalue weighted by Gasteiger charge is 1.97. The van der Waals surface area contributed by atoms with E-state index in [9.17, 15) is 0 Å². The third-order valence-electron chi connectivity index (χ3n) is 1.85. The van der Waals surface area contributed by atoms with E-state index in [-0.39, 0.29) is 0 Å². The summed E-state index contributed by atoms with van der Waals surface area (Å²) in [6.07, 6.45) is 4.23. The summed E-state index contributed by atoms with van der Waals surface area (Å²) in [5.74, 6) is 0. The molecule has 0 unspecified atom stereocenters. The maximum absolute atomic E-state index is 3.79. The first-order valence-corrected chi connectivity index (χ1v) is 4.98. The molecule has 64 valence electrons. The number of halogens is 1. The molecule has 0 bridgehead atoms. The van der Waals surface area contributed by atoms with E-state index in [1.165, 1.54) is 17.5 Å². The van der Waals surface area contributed by atoms with Crippen molar-refractivity contribution >= 4 is 22.0 Å². The molecule has 0 aliphatic carbocycles. The van der Waals surface area contributed by atoms with Crippen LogP contribution in [0.5, 0.6) is 0 Å². The van der Waals surface area contributed by atoms with Crippen molar-refractivity contribution in [1.82, 2.24) is 0 Å². The largest absolute Gasteiger partial charge is 0.0985 e. The molecule has 1 rings (SSSR count). The van der Waals surface area contributed by atoms with Gasteiger partial charge in [0.05, 0.1) is 0 Å². The molecule has 0 N–H and O–H groups in total. The molecule has 0 amide bonds. The highest BCUT2D eigenvalue weighted by Crippen LogP contribution is 2.18. The third kappa shape index (κ3) is 2.21. The van der Waals surface area contributed by atoms with Crippen LogP contribution in [0.15, 0.2) is 29.3 Å². The fourth-order valence-corrected chi connectivity index (χ4v) is 1.63. The van der Waals surface area contributed by atoms with Crippen LogP contribution in [0, 0.1) is 0 Å². The maximum atomic E-state index is 3.79. The van der Waals surface area contributed by atoms with Gasteiger partial charge >= 0.3 is 0 Å². The first-order valence-electron chi connectivity index (χ1n) is 4.18. The van der Waals surface area contributed by atoms with E-state index in [0.29, 0.717) is 0 Å². The Labute approximate surface area is 82.4 Å². The van der Waals surface area contributed by atoms with E-state index in [0.717, 1.165) is 10.9 Å². The minimum atomic E-state index is 1.12. The van der Waals surface area contributed by atoms with Gasteiger partial charge in [-0.25, -0.2) is 0 Å². The normalized spacial score (nSPS) is 9.83. The van der Waals surface area contributed by atoms with Crippen LogP contribution in [0.2, 0.25) is 0 Å². The molecule has 0 saturated heterocycles. The monoisotopic (exact) mass is 224 g/mol. The van der Waals surface area contributed by atoms with Crippen LogP contribution in [-0.2, 0) is 6.42 Å². The summed E-state index contributed by atoms with van der Waals surface area (Å²) < 4.78 is 1.12. The van der Waals surface area contributed by atoms with Gasteiger partial charge in [0, 0.05) is 4.47 Å². The first-order chi connectivity index (χ1) is 5.77. The molecule has 0 spiro atoms. The molecular weight excluding hydrogens is 212 g/mol. The molecule has 0 saturated carbocycles. The Morgan fingerprint density at radius 2 is 2.25 bits per heavy atom. The second-order valence-corrected chi connectivity index (χ2v) is 3.71. The number of hydrogen-bond acceptors (Lipinski definition) is 0. The van der Waals surface area contributed by atoms with Crippen LogP contribution < -0.4 is 0 Å². The number of aryl methyl sites for hydroxylation is 1. The molecule has 0 heterocycles. The van der Waals surface area contributed by atoms with Gasteiger partial charge in [-0.1, -0.05) is 48.0 Å². The summed E-state index contributed by atoms with van der Waals surface area (Å²) in [6, 6.07) is 6.35. The summed E-state index contributed by atoms with van der Waals surface area (Å²) in [5, 5.41) is 0. The average Bonchev–Trinajstić information content (AvgIpc) is 2.08. The molecule has 0 fully saturated rings. The van der Waals surface area contributed by atoms with Gasteiger partial charge in [-0.15, -0.1) is 0 Å². The van der Waals surface area contributed by atoms with Crippen LogP contribution in [0.1, 0.15) is 24.5 Å². The van der Waals surface area contributed by atoms with Crippen LogP contribution in [0.4, 0.5) is 0 Å². The van der Waals surface area contributed by atoms with Crippen molar-refractivity contribution in [3.8, 4) is 0 Å². The molecule has 0 atom stereocenters. The molecule has 1 aromatic carbocycles. The first kappa shape index (κ1) is 9.53. The smallest absolute Gasteiger partial charge is 0.0181 e. The van der Waals surface area contributed by atoms with Gasteiger partial charge in [0.15, 0.2) is 0 Å². The maximum Gasteiger partial charge on any atom is 0.0181 e. The van der Waals surface area contributed by atoms with Crippen molar-refractivity contribution in [2.24, 2.45) is 0 Å². The van der Waals surface area contributed by atoms with E-state index < -0.39 is 0 Å². The van der Waals surface area contributed by atoms with Crippen molar-refractivity contribution in [2.75, 3.05) is 0 Å². The third-order valence-corrected chi connectivity index (χ3v) is 2.34. The summed E-state index contributed by atoms with van der Waals surface area (Å²) in [7, 11) is 0. The molecule has 12 heavy (non-hydrogen) atoms. The quantitative estimate of drug-likeness (QED) is 0.728. The lowest BCUT2D eigenvalue weighted by molar-refractivity contribution is 0.919. The number of benzene rings is 1. The van der Waals surface area contributed by atoms with Gasteiger partial charge in [-0.05, 0) is 29.7 Å². The molecule has 1 aromatic rings. The number of hydrogen-bond donors (Lipinski definition) is 0. The predicted octanol–water partition coefficient (Wildman–Crippen LogP) is 4.04. The zero-order valence-corrected chi connectivity index (χ0v) is 8.89. The van der Waals surface area contributed by atoms with Gasteiger partial charge < -0.3 is 0 Å². The van der Waals surface area contributed by atoms with Crippen molar-refractivity contribution in [2.45, 2.75) is 19.8 Å². The molecule has 0 nitrogen and oxygen atoms in total. The lowest BCUT2D eigenvalue weighted by Crippen LogP contribution is -1.87. The Hall–Kier alpha value is -0.560. The minimum Gasteiger partial charge on any atom is -0.0985 e. The number of rotatable bonds is 3. The van der Waals surface area contributed by atoms with Crippen LogP contribution >= 0.6 is 15.9 Å². The summed E-state index contributed by atoms with van der Waals surface area (Å²) in [5.41, 5.74) is 2.63. The second-order valence-electron chi connectivity index (χ2n) is 2.80. The average molecular weight is 225 g/mol. The minimum absolute atomic E-state index is 1.12. The summed E-state index contributed by atoms with van der Waals surface area (Å²) in [6.45, 7) is 5.98. The van der Waals surface area contributed by atoms with Gasteiger partial charge in [0.1, 0.15) is 0 Å². The fraction of sp³-hybridized carbons (Fsp3) is 0.273. The van der Waals surface area contributed by atoms with Crippen LogP contribution in [0.3, 0.4) is 0 Å². The zero-order chi connectivity index (χ0) is 8.97.